The second-order valence-electron chi connectivity index (χ2n) is 8.03. The molecule has 0 aliphatic heterocycles. The summed E-state index contributed by atoms with van der Waals surface area (Å²) in [6, 6.07) is 2.33. The number of hydrogen-bond acceptors (Lipinski definition) is 4. The highest BCUT2D eigenvalue weighted by Gasteiger charge is 2.35. The van der Waals surface area contributed by atoms with E-state index in [0.717, 1.165) is 25.2 Å². The van der Waals surface area contributed by atoms with Crippen molar-refractivity contribution in [2.45, 2.75) is 51.3 Å². The number of halogens is 4. The van der Waals surface area contributed by atoms with E-state index in [2.05, 4.69) is 15.0 Å². The Morgan fingerprint density at radius 3 is 2.62 bits per heavy atom. The minimum absolute atomic E-state index is 0.0137. The SMILES string of the molecule is CC(C)OC(=O)/C(=C/N=CN=C(N)c1cc(C2CC2)nc(C(F)(F)F)c1)C1=CCC=C(F)C=C1. The van der Waals surface area contributed by atoms with Crippen molar-refractivity contribution in [3.8, 4) is 0 Å². The largest absolute Gasteiger partial charge is 0.459 e. The number of ether oxygens (including phenoxy) is 1. The van der Waals surface area contributed by atoms with E-state index < -0.39 is 29.8 Å². The molecule has 0 unspecified atom stereocenters. The van der Waals surface area contributed by atoms with E-state index in [4.69, 9.17) is 10.5 Å². The van der Waals surface area contributed by atoms with Gasteiger partial charge >= 0.3 is 12.1 Å². The lowest BCUT2D eigenvalue weighted by molar-refractivity contribution is -0.142. The number of aliphatic imine (C=N–C) groups is 2. The summed E-state index contributed by atoms with van der Waals surface area (Å²) in [6.45, 7) is 3.37. The molecule has 1 fully saturated rings. The maximum Gasteiger partial charge on any atom is 0.433 e. The normalized spacial score (nSPS) is 17.6. The number of carbonyl (C=O) groups is 1. The number of esters is 1. The van der Waals surface area contributed by atoms with Gasteiger partial charge in [-0.2, -0.15) is 13.2 Å². The lowest BCUT2D eigenvalue weighted by Gasteiger charge is -2.11. The number of hydrogen-bond donors (Lipinski definition) is 1. The smallest absolute Gasteiger partial charge is 0.433 e. The Kier molecular flexibility index (Phi) is 7.80. The van der Waals surface area contributed by atoms with Gasteiger partial charge in [0, 0.05) is 23.4 Å². The number of nitrogens with zero attached hydrogens (tertiary/aromatic N) is 3. The number of amidine groups is 1. The first-order valence-electron chi connectivity index (χ1n) is 10.6. The fourth-order valence-corrected chi connectivity index (χ4v) is 3.04. The Morgan fingerprint density at radius 1 is 1.24 bits per heavy atom. The molecule has 0 bridgehead atoms. The predicted octanol–water partition coefficient (Wildman–Crippen LogP) is 5.29. The Balaban J connectivity index is 1.87. The molecule has 0 saturated heterocycles. The molecule has 1 aromatic rings. The number of carbonyl (C=O) groups excluding carboxylic acids is 1. The number of aromatic nitrogens is 1. The highest BCUT2D eigenvalue weighted by Crippen LogP contribution is 2.40. The van der Waals surface area contributed by atoms with Gasteiger partial charge in [0.2, 0.25) is 0 Å². The van der Waals surface area contributed by atoms with Crippen LogP contribution >= 0.6 is 0 Å². The summed E-state index contributed by atoms with van der Waals surface area (Å²) in [4.78, 5) is 24.1. The van der Waals surface area contributed by atoms with Crippen molar-refractivity contribution in [2.75, 3.05) is 0 Å². The second-order valence-corrected chi connectivity index (χ2v) is 8.03. The number of pyridine rings is 1. The topological polar surface area (TPSA) is 89.9 Å². The van der Waals surface area contributed by atoms with E-state index in [-0.39, 0.29) is 29.3 Å². The summed E-state index contributed by atoms with van der Waals surface area (Å²) < 4.78 is 58.4. The van der Waals surface area contributed by atoms with E-state index in [1.807, 2.05) is 0 Å². The second kappa shape index (κ2) is 10.6. The van der Waals surface area contributed by atoms with Gasteiger partial charge in [0.05, 0.1) is 11.7 Å². The van der Waals surface area contributed by atoms with Crippen molar-refractivity contribution in [3.05, 3.63) is 76.6 Å². The van der Waals surface area contributed by atoms with Crippen LogP contribution in [-0.2, 0) is 15.7 Å². The van der Waals surface area contributed by atoms with Gasteiger partial charge in [-0.3, -0.25) is 0 Å². The van der Waals surface area contributed by atoms with Gasteiger partial charge in [0.15, 0.2) is 0 Å². The molecular weight excluding hydrogens is 452 g/mol. The molecule has 0 amide bonds. The van der Waals surface area contributed by atoms with Crippen LogP contribution < -0.4 is 5.73 Å². The number of allylic oxidation sites excluding steroid dienone is 5. The highest BCUT2D eigenvalue weighted by atomic mass is 19.4. The number of alkyl halides is 3. The summed E-state index contributed by atoms with van der Waals surface area (Å²) in [5, 5.41) is 0. The molecule has 2 N–H and O–H groups in total. The van der Waals surface area contributed by atoms with E-state index in [1.165, 1.54) is 30.5 Å². The van der Waals surface area contributed by atoms with Crippen molar-refractivity contribution < 1.29 is 27.1 Å². The summed E-state index contributed by atoms with van der Waals surface area (Å²) >= 11 is 0. The minimum atomic E-state index is -4.61. The Bertz CT molecular complexity index is 1120. The molecule has 0 radical (unpaired) electrons. The third kappa shape index (κ3) is 6.97. The average molecular weight is 476 g/mol. The third-order valence-electron chi connectivity index (χ3n) is 4.84. The van der Waals surface area contributed by atoms with Crippen LogP contribution in [0.5, 0.6) is 0 Å². The van der Waals surface area contributed by atoms with Crippen molar-refractivity contribution in [1.29, 1.82) is 0 Å². The van der Waals surface area contributed by atoms with E-state index >= 15 is 0 Å². The number of nitrogens with two attached hydrogens (primary N) is 1. The molecule has 0 spiro atoms. The van der Waals surface area contributed by atoms with Gasteiger partial charge in [-0.1, -0.05) is 12.2 Å². The highest BCUT2D eigenvalue weighted by molar-refractivity contribution is 6.01. The molecule has 2 aliphatic rings. The number of rotatable bonds is 7. The zero-order chi connectivity index (χ0) is 24.9. The van der Waals surface area contributed by atoms with Gasteiger partial charge in [0.25, 0.3) is 0 Å². The third-order valence-corrected chi connectivity index (χ3v) is 4.84. The first-order valence-corrected chi connectivity index (χ1v) is 10.6. The summed E-state index contributed by atoms with van der Waals surface area (Å²) in [7, 11) is 0. The fourth-order valence-electron chi connectivity index (χ4n) is 3.04. The van der Waals surface area contributed by atoms with Crippen LogP contribution in [0.2, 0.25) is 0 Å². The lowest BCUT2D eigenvalue weighted by Crippen LogP contribution is -2.17. The van der Waals surface area contributed by atoms with Gasteiger partial charge in [0.1, 0.15) is 23.7 Å². The van der Waals surface area contributed by atoms with Crippen LogP contribution in [0.15, 0.2) is 69.6 Å². The molecule has 6 nitrogen and oxygen atoms in total. The average Bonchev–Trinajstić information content (AvgIpc) is 3.61. The van der Waals surface area contributed by atoms with Gasteiger partial charge in [-0.25, -0.2) is 24.2 Å². The monoisotopic (exact) mass is 476 g/mol. The first-order chi connectivity index (χ1) is 16.0. The molecule has 180 valence electrons. The zero-order valence-electron chi connectivity index (χ0n) is 18.6. The molecule has 1 aromatic heterocycles. The van der Waals surface area contributed by atoms with Crippen molar-refractivity contribution in [2.24, 2.45) is 15.7 Å². The minimum Gasteiger partial charge on any atom is -0.459 e. The standard InChI is InChI=1S/C24H24F4N4O2/c1-14(2)34-23(33)19(15-4-3-5-18(25)9-8-15)12-30-13-31-22(29)17-10-20(16-6-7-16)32-21(11-17)24(26,27)28/h4-5,8-14,16H,3,6-7H2,1-2H3,(H2,29,30,31)/b19-12+. The van der Waals surface area contributed by atoms with Crippen LogP contribution in [0.4, 0.5) is 17.6 Å². The molecule has 10 heteroatoms. The predicted molar refractivity (Wildman–Crippen MR) is 121 cm³/mol. The molecular formula is C24H24F4N4O2. The zero-order valence-corrected chi connectivity index (χ0v) is 18.6. The maximum atomic E-state index is 13.5. The summed E-state index contributed by atoms with van der Waals surface area (Å²) in [5.74, 6) is -1.30. The molecule has 1 saturated carbocycles. The van der Waals surface area contributed by atoms with Crippen LogP contribution in [-0.4, -0.2) is 29.2 Å². The molecule has 0 atom stereocenters. The fraction of sp³-hybridized carbons (Fsp3) is 0.333. The van der Waals surface area contributed by atoms with Gasteiger partial charge in [-0.15, -0.1) is 0 Å². The van der Waals surface area contributed by atoms with Crippen LogP contribution in [0.25, 0.3) is 0 Å². The van der Waals surface area contributed by atoms with Crippen LogP contribution in [0.1, 0.15) is 56.0 Å². The van der Waals surface area contributed by atoms with Crippen molar-refractivity contribution >= 4 is 18.1 Å². The Morgan fingerprint density at radius 2 is 1.97 bits per heavy atom. The molecule has 34 heavy (non-hydrogen) atoms. The molecule has 0 aromatic carbocycles. The van der Waals surface area contributed by atoms with E-state index in [9.17, 15) is 22.4 Å². The first kappa shape index (κ1) is 25.1. The summed E-state index contributed by atoms with van der Waals surface area (Å²) in [6.07, 6.45) is 4.64. The summed E-state index contributed by atoms with van der Waals surface area (Å²) in [5.41, 5.74) is 5.74. The Hall–Kier alpha value is -3.56. The maximum absolute atomic E-state index is 13.5. The van der Waals surface area contributed by atoms with Crippen LogP contribution in [0.3, 0.4) is 0 Å². The van der Waals surface area contributed by atoms with E-state index in [0.29, 0.717) is 11.3 Å². The van der Waals surface area contributed by atoms with Crippen LogP contribution in [0, 0.1) is 0 Å². The molecule has 3 rings (SSSR count). The van der Waals surface area contributed by atoms with Crippen molar-refractivity contribution in [3.63, 3.8) is 0 Å². The lowest BCUT2D eigenvalue weighted by atomic mass is 10.1. The molecule has 1 heterocycles. The van der Waals surface area contributed by atoms with Crippen molar-refractivity contribution in [1.82, 2.24) is 4.98 Å². The van der Waals surface area contributed by atoms with E-state index in [1.54, 1.807) is 19.9 Å². The van der Waals surface area contributed by atoms with Gasteiger partial charge < -0.3 is 10.5 Å². The van der Waals surface area contributed by atoms with Gasteiger partial charge in [-0.05, 0) is 63.0 Å². The molecule has 2 aliphatic carbocycles. The quantitative estimate of drug-likeness (QED) is 0.190. The Labute approximate surface area is 194 Å².